The minimum absolute atomic E-state index is 0. The standard InChI is InChI=1S/C26H18N.C5H5NO3S.Ir/c1-26(2)20-10-4-3-8-18(20)25-19(9-6-11-21(25)26)23-15-17-14-13-16-7-5-12-22(27-23)24(16)17;7-10(8,9)5-3-1-2-4-6-5;/h3-8,10-15H,1-2H3;1-4H,(H,7,8,9);/q-1;;. The topological polar surface area (TPSA) is 80.2 Å². The van der Waals surface area contributed by atoms with Gasteiger partial charge in [0.1, 0.15) is 0 Å². The van der Waals surface area contributed by atoms with Crippen molar-refractivity contribution < 1.29 is 33.1 Å². The van der Waals surface area contributed by atoms with Crippen molar-refractivity contribution in [2.75, 3.05) is 0 Å². The van der Waals surface area contributed by atoms with Gasteiger partial charge in [-0.2, -0.15) is 8.42 Å². The Morgan fingerprint density at radius 3 is 2.37 bits per heavy atom. The summed E-state index contributed by atoms with van der Waals surface area (Å²) in [6.45, 7) is 4.62. The fourth-order valence-electron chi connectivity index (χ4n) is 5.32. The molecule has 2 heterocycles. The molecule has 2 aliphatic carbocycles. The first kappa shape index (κ1) is 26.1. The monoisotopic (exact) mass is 696 g/mol. The quantitative estimate of drug-likeness (QED) is 0.159. The first-order valence-corrected chi connectivity index (χ1v) is 13.3. The molecule has 38 heavy (non-hydrogen) atoms. The van der Waals surface area contributed by atoms with E-state index in [1.54, 1.807) is 6.07 Å². The van der Waals surface area contributed by atoms with Crippen LogP contribution in [-0.4, -0.2) is 22.9 Å². The molecule has 0 bridgehead atoms. The molecule has 7 heteroatoms. The van der Waals surface area contributed by atoms with Gasteiger partial charge in [-0.3, -0.25) is 9.54 Å². The van der Waals surface area contributed by atoms with Gasteiger partial charge < -0.3 is 0 Å². The van der Waals surface area contributed by atoms with Gasteiger partial charge in [-0.05, 0) is 46.0 Å². The van der Waals surface area contributed by atoms with E-state index >= 15 is 0 Å². The van der Waals surface area contributed by atoms with Gasteiger partial charge in [0.2, 0.25) is 0 Å². The Balaban J connectivity index is 0.000000229. The van der Waals surface area contributed by atoms with Crippen molar-refractivity contribution in [3.8, 4) is 22.4 Å². The molecule has 191 valence electrons. The SMILES string of the molecule is CC1(C)c2ccccc2-c2c(-c3cc4c5c(cccc5n3)C=C4)[c-]ccc21.O=S(=O)(O)c1ccccn1.[Ir]. The van der Waals surface area contributed by atoms with Crippen molar-refractivity contribution in [3.05, 3.63) is 113 Å². The van der Waals surface area contributed by atoms with Gasteiger partial charge in [0.15, 0.2) is 5.03 Å². The molecule has 7 rings (SSSR count). The summed E-state index contributed by atoms with van der Waals surface area (Å²) in [5.74, 6) is 0. The first-order chi connectivity index (χ1) is 17.7. The fourth-order valence-corrected chi connectivity index (χ4v) is 5.76. The van der Waals surface area contributed by atoms with Gasteiger partial charge in [0.05, 0.1) is 5.52 Å². The molecular formula is C31H23IrN2O3S-. The molecule has 5 aromatic rings. The van der Waals surface area contributed by atoms with E-state index in [1.807, 2.05) is 0 Å². The van der Waals surface area contributed by atoms with Crippen LogP contribution in [0, 0.1) is 6.07 Å². The molecule has 0 atom stereocenters. The molecule has 5 nitrogen and oxygen atoms in total. The number of benzene rings is 3. The van der Waals surface area contributed by atoms with Crippen molar-refractivity contribution >= 4 is 33.2 Å². The Bertz CT molecular complexity index is 1830. The number of pyridine rings is 2. The maximum atomic E-state index is 10.3. The van der Waals surface area contributed by atoms with Crippen LogP contribution in [0.4, 0.5) is 0 Å². The summed E-state index contributed by atoms with van der Waals surface area (Å²) >= 11 is 0. The Morgan fingerprint density at radius 1 is 0.868 bits per heavy atom. The van der Waals surface area contributed by atoms with E-state index in [0.29, 0.717) is 0 Å². The predicted molar refractivity (Wildman–Crippen MR) is 147 cm³/mol. The van der Waals surface area contributed by atoms with Crippen LogP contribution in [0.3, 0.4) is 0 Å². The molecule has 0 fully saturated rings. The van der Waals surface area contributed by atoms with Gasteiger partial charge >= 0.3 is 10.1 Å². The van der Waals surface area contributed by atoms with Gasteiger partial charge in [-0.15, -0.1) is 29.3 Å². The Kier molecular flexibility index (Phi) is 6.66. The van der Waals surface area contributed by atoms with E-state index in [2.05, 4.69) is 97.7 Å². The van der Waals surface area contributed by atoms with E-state index in [-0.39, 0.29) is 30.5 Å². The largest absolute Gasteiger partial charge is 0.312 e. The van der Waals surface area contributed by atoms with Crippen molar-refractivity contribution in [1.29, 1.82) is 0 Å². The Hall–Kier alpha value is -3.48. The van der Waals surface area contributed by atoms with E-state index in [1.165, 1.54) is 57.1 Å². The molecule has 0 unspecified atom stereocenters. The molecule has 1 N–H and O–H groups in total. The second-order valence-corrected chi connectivity index (χ2v) is 11.0. The van der Waals surface area contributed by atoms with Crippen molar-refractivity contribution in [3.63, 3.8) is 0 Å². The average Bonchev–Trinajstić information content (AvgIpc) is 3.42. The van der Waals surface area contributed by atoms with Crippen LogP contribution < -0.4 is 0 Å². The molecule has 0 aliphatic heterocycles. The number of nitrogens with zero attached hydrogens (tertiary/aromatic N) is 2. The van der Waals surface area contributed by atoms with Gasteiger partial charge in [-0.1, -0.05) is 85.7 Å². The van der Waals surface area contributed by atoms with E-state index in [4.69, 9.17) is 9.54 Å². The zero-order valence-electron chi connectivity index (χ0n) is 20.6. The van der Waals surface area contributed by atoms with E-state index in [9.17, 15) is 8.42 Å². The van der Waals surface area contributed by atoms with Gasteiger partial charge in [0, 0.05) is 31.7 Å². The molecule has 0 amide bonds. The number of hydrogen-bond donors (Lipinski definition) is 1. The summed E-state index contributed by atoms with van der Waals surface area (Å²) in [6.07, 6.45) is 5.67. The van der Waals surface area contributed by atoms with Crippen molar-refractivity contribution in [1.82, 2.24) is 9.97 Å². The van der Waals surface area contributed by atoms with Crippen LogP contribution >= 0.6 is 0 Å². The summed E-state index contributed by atoms with van der Waals surface area (Å²) in [4.78, 5) is 8.45. The van der Waals surface area contributed by atoms with Crippen LogP contribution in [0.2, 0.25) is 0 Å². The van der Waals surface area contributed by atoms with Crippen molar-refractivity contribution in [2.45, 2.75) is 24.3 Å². The second-order valence-electron chi connectivity index (χ2n) is 9.63. The maximum absolute atomic E-state index is 10.3. The molecular weight excluding hydrogens is 673 g/mol. The molecule has 2 aliphatic rings. The van der Waals surface area contributed by atoms with Crippen molar-refractivity contribution in [2.24, 2.45) is 0 Å². The first-order valence-electron chi connectivity index (χ1n) is 11.9. The molecule has 0 saturated carbocycles. The van der Waals surface area contributed by atoms with Crippen LogP contribution in [-0.2, 0) is 35.6 Å². The van der Waals surface area contributed by atoms with E-state index in [0.717, 1.165) is 16.8 Å². The number of hydrogen-bond acceptors (Lipinski definition) is 4. The molecule has 0 saturated heterocycles. The smallest absolute Gasteiger partial charge is 0.296 e. The summed E-state index contributed by atoms with van der Waals surface area (Å²) < 4.78 is 29.1. The van der Waals surface area contributed by atoms with E-state index < -0.39 is 10.1 Å². The number of fused-ring (bicyclic) bond motifs is 3. The summed E-state index contributed by atoms with van der Waals surface area (Å²) in [5.41, 5.74) is 11.0. The van der Waals surface area contributed by atoms with Crippen LogP contribution in [0.15, 0.2) is 90.1 Å². The Morgan fingerprint density at radius 2 is 1.63 bits per heavy atom. The number of rotatable bonds is 2. The zero-order chi connectivity index (χ0) is 25.8. The molecule has 0 spiro atoms. The third kappa shape index (κ3) is 4.32. The van der Waals surface area contributed by atoms with Gasteiger partial charge in [-0.25, -0.2) is 4.98 Å². The van der Waals surface area contributed by atoms with Crippen LogP contribution in [0.5, 0.6) is 0 Å². The number of aromatic nitrogens is 2. The zero-order valence-corrected chi connectivity index (χ0v) is 23.8. The maximum Gasteiger partial charge on any atom is 0.312 e. The third-order valence-corrected chi connectivity index (χ3v) is 7.81. The normalized spacial score (nSPS) is 13.8. The molecule has 1 radical (unpaired) electrons. The molecule has 2 aromatic heterocycles. The second kappa shape index (κ2) is 9.68. The van der Waals surface area contributed by atoms with Gasteiger partial charge in [0.25, 0.3) is 0 Å². The minimum atomic E-state index is -4.11. The predicted octanol–water partition coefficient (Wildman–Crippen LogP) is 6.82. The molecule has 3 aromatic carbocycles. The Labute approximate surface area is 235 Å². The summed E-state index contributed by atoms with van der Waals surface area (Å²) in [5, 5.41) is 0.935. The fraction of sp³-hybridized carbons (Fsp3) is 0.0968. The summed E-state index contributed by atoms with van der Waals surface area (Å²) in [6, 6.07) is 29.4. The third-order valence-electron chi connectivity index (χ3n) is 7.04. The average molecular weight is 696 g/mol. The summed E-state index contributed by atoms with van der Waals surface area (Å²) in [7, 11) is -4.11. The minimum Gasteiger partial charge on any atom is -0.296 e. The van der Waals surface area contributed by atoms with Crippen LogP contribution in [0.25, 0.3) is 45.4 Å². The van der Waals surface area contributed by atoms with Crippen LogP contribution in [0.1, 0.15) is 36.1 Å².